The fourth-order valence-electron chi connectivity index (χ4n) is 2.62. The maximum Gasteiger partial charge on any atom is 0.408 e. The number of nitrogens with two attached hydrogens (primary N) is 1. The van der Waals surface area contributed by atoms with Gasteiger partial charge in [0.2, 0.25) is 0 Å². The van der Waals surface area contributed by atoms with Crippen LogP contribution in [0.1, 0.15) is 45.4 Å². The number of nitrogens with zero attached hydrogens (tertiary/aromatic N) is 2. The highest BCUT2D eigenvalue weighted by Gasteiger charge is 2.21. The summed E-state index contributed by atoms with van der Waals surface area (Å²) in [6, 6.07) is 1.89. The summed E-state index contributed by atoms with van der Waals surface area (Å²) in [7, 11) is 0. The molecule has 0 spiro atoms. The Bertz CT molecular complexity index is 868. The molecule has 2 rings (SSSR count). The van der Waals surface area contributed by atoms with E-state index in [0.717, 1.165) is 17.0 Å². The quantitative estimate of drug-likeness (QED) is 0.720. The minimum atomic E-state index is -0.554. The van der Waals surface area contributed by atoms with Crippen molar-refractivity contribution in [3.05, 3.63) is 21.9 Å². The van der Waals surface area contributed by atoms with Crippen molar-refractivity contribution in [2.45, 2.75) is 46.1 Å². The smallest absolute Gasteiger partial charge is 0.408 e. The van der Waals surface area contributed by atoms with E-state index in [1.54, 1.807) is 25.7 Å². The van der Waals surface area contributed by atoms with Crippen LogP contribution in [0, 0.1) is 11.8 Å². The number of alkyl carbamates (subject to hydrolysis) is 1. The molecule has 0 atom stereocenters. The number of carbonyl (C=O) groups is 2. The number of amides is 2. The molecule has 1 aliphatic heterocycles. The van der Waals surface area contributed by atoms with Gasteiger partial charge in [-0.2, -0.15) is 0 Å². The Morgan fingerprint density at radius 1 is 1.38 bits per heavy atom. The van der Waals surface area contributed by atoms with E-state index in [4.69, 9.17) is 10.5 Å². The zero-order chi connectivity index (χ0) is 21.4. The van der Waals surface area contributed by atoms with Crippen LogP contribution in [0.5, 0.6) is 0 Å². The second kappa shape index (κ2) is 10.1. The van der Waals surface area contributed by atoms with E-state index in [0.29, 0.717) is 24.4 Å². The number of fused-ring (bicyclic) bond motifs is 1. The van der Waals surface area contributed by atoms with E-state index in [2.05, 4.69) is 22.2 Å². The van der Waals surface area contributed by atoms with Crippen LogP contribution >= 0.6 is 11.3 Å². The van der Waals surface area contributed by atoms with E-state index in [1.807, 2.05) is 24.4 Å². The molecule has 0 fully saturated rings. The molecule has 8 heteroatoms. The fourth-order valence-corrected chi connectivity index (χ4v) is 3.41. The Kier molecular flexibility index (Phi) is 7.85. The Balaban J connectivity index is 1.99. The predicted molar refractivity (Wildman–Crippen MR) is 117 cm³/mol. The van der Waals surface area contributed by atoms with Crippen LogP contribution in [0.25, 0.3) is 6.08 Å². The zero-order valence-electron chi connectivity index (χ0n) is 17.4. The van der Waals surface area contributed by atoms with E-state index >= 15 is 0 Å². The molecule has 1 aromatic heterocycles. The Hall–Kier alpha value is -2.79. The normalized spacial score (nSPS) is 13.1. The van der Waals surface area contributed by atoms with Crippen molar-refractivity contribution in [2.75, 3.05) is 19.6 Å². The first-order valence-corrected chi connectivity index (χ1v) is 10.4. The molecule has 0 bridgehead atoms. The molecule has 3 N–H and O–H groups in total. The minimum Gasteiger partial charge on any atom is -0.444 e. The third-order valence-corrected chi connectivity index (χ3v) is 4.64. The highest BCUT2D eigenvalue weighted by Crippen LogP contribution is 2.31. The van der Waals surface area contributed by atoms with Crippen molar-refractivity contribution in [3.8, 4) is 11.8 Å². The predicted octanol–water partition coefficient (Wildman–Crippen LogP) is 3.29. The molecule has 156 valence electrons. The monoisotopic (exact) mass is 416 g/mol. The molecule has 0 radical (unpaired) electrons. The Morgan fingerprint density at radius 2 is 2.14 bits per heavy atom. The summed E-state index contributed by atoms with van der Waals surface area (Å²) in [5.41, 5.74) is 6.83. The number of thiophene rings is 1. The van der Waals surface area contributed by atoms with Crippen molar-refractivity contribution in [2.24, 2.45) is 10.7 Å². The third-order valence-electron chi connectivity index (χ3n) is 3.78. The first-order valence-electron chi connectivity index (χ1n) is 9.52. The second-order valence-electron chi connectivity index (χ2n) is 7.56. The standard InChI is InChI=1S/C21H28N4O3S/c1-5-10-25(11-7-6-9-23-20(27)28-21(2,3)4)19(26)15-13-17-16(8-12-29-17)24-18(22)14-15/h8,12-13H,5,9-11,14H2,1-4H3,(H2,22,24)(H,23,27). The van der Waals surface area contributed by atoms with E-state index in [9.17, 15) is 9.59 Å². The number of ether oxygens (including phenoxy) is 1. The van der Waals surface area contributed by atoms with Gasteiger partial charge in [-0.3, -0.25) is 4.79 Å². The summed E-state index contributed by atoms with van der Waals surface area (Å²) in [4.78, 5) is 31.6. The molecule has 0 aromatic carbocycles. The van der Waals surface area contributed by atoms with E-state index in [-0.39, 0.29) is 19.0 Å². The third kappa shape index (κ3) is 7.27. The van der Waals surface area contributed by atoms with Gasteiger partial charge in [0, 0.05) is 18.5 Å². The molecule has 1 aromatic rings. The SMILES string of the molecule is CCCN(CC#CCNC(=O)OC(C)(C)C)C(=O)C1=Cc2sccc2N=C(N)C1. The van der Waals surface area contributed by atoms with Gasteiger partial charge in [-0.1, -0.05) is 18.8 Å². The van der Waals surface area contributed by atoms with Crippen molar-refractivity contribution in [3.63, 3.8) is 0 Å². The van der Waals surface area contributed by atoms with Crippen LogP contribution < -0.4 is 11.1 Å². The van der Waals surface area contributed by atoms with E-state index < -0.39 is 11.7 Å². The van der Waals surface area contributed by atoms with Gasteiger partial charge >= 0.3 is 6.09 Å². The lowest BCUT2D eigenvalue weighted by Gasteiger charge is -2.21. The van der Waals surface area contributed by atoms with Gasteiger partial charge in [0.15, 0.2) is 0 Å². The summed E-state index contributed by atoms with van der Waals surface area (Å²) in [6.45, 7) is 8.41. The van der Waals surface area contributed by atoms with Gasteiger partial charge in [-0.05, 0) is 44.7 Å². The lowest BCUT2D eigenvalue weighted by atomic mass is 10.1. The first-order chi connectivity index (χ1) is 13.7. The second-order valence-corrected chi connectivity index (χ2v) is 8.50. The highest BCUT2D eigenvalue weighted by atomic mass is 32.1. The number of hydrogen-bond donors (Lipinski definition) is 2. The summed E-state index contributed by atoms with van der Waals surface area (Å²) < 4.78 is 5.15. The van der Waals surface area contributed by atoms with Crippen molar-refractivity contribution < 1.29 is 14.3 Å². The number of rotatable bonds is 5. The largest absolute Gasteiger partial charge is 0.444 e. The molecule has 0 aliphatic carbocycles. The minimum absolute atomic E-state index is 0.0966. The van der Waals surface area contributed by atoms with Gasteiger partial charge in [-0.15, -0.1) is 11.3 Å². The molecule has 0 unspecified atom stereocenters. The van der Waals surface area contributed by atoms with Crippen LogP contribution in [-0.2, 0) is 9.53 Å². The van der Waals surface area contributed by atoms with Crippen molar-refractivity contribution in [1.29, 1.82) is 0 Å². The van der Waals surface area contributed by atoms with Crippen molar-refractivity contribution in [1.82, 2.24) is 10.2 Å². The summed E-state index contributed by atoms with van der Waals surface area (Å²) in [6.07, 6.45) is 2.48. The Labute approximate surface area is 176 Å². The molecular weight excluding hydrogens is 388 g/mol. The number of nitrogens with one attached hydrogen (secondary N) is 1. The molecule has 0 saturated carbocycles. The van der Waals surface area contributed by atoms with Gasteiger partial charge in [0.1, 0.15) is 11.4 Å². The first kappa shape index (κ1) is 22.5. The highest BCUT2D eigenvalue weighted by molar-refractivity contribution is 7.11. The van der Waals surface area contributed by atoms with Crippen LogP contribution in [0.4, 0.5) is 10.5 Å². The average Bonchev–Trinajstić information content (AvgIpc) is 2.97. The van der Waals surface area contributed by atoms with Gasteiger partial charge in [-0.25, -0.2) is 9.79 Å². The molecule has 29 heavy (non-hydrogen) atoms. The molecule has 2 amide bonds. The summed E-state index contributed by atoms with van der Waals surface area (Å²) in [5.74, 6) is 6.13. The molecule has 2 heterocycles. The molecule has 1 aliphatic rings. The maximum absolute atomic E-state index is 13.0. The molecular formula is C21H28N4O3S. The zero-order valence-corrected chi connectivity index (χ0v) is 18.2. The van der Waals surface area contributed by atoms with Gasteiger partial charge in [0.05, 0.1) is 23.7 Å². The number of carbonyl (C=O) groups excluding carboxylic acids is 2. The number of hydrogen-bond acceptors (Lipinski definition) is 6. The lowest BCUT2D eigenvalue weighted by molar-refractivity contribution is -0.126. The van der Waals surface area contributed by atoms with Crippen LogP contribution in [-0.4, -0.2) is 48.0 Å². The number of amidine groups is 1. The van der Waals surface area contributed by atoms with E-state index in [1.165, 1.54) is 11.3 Å². The topological polar surface area (TPSA) is 97.0 Å². The average molecular weight is 417 g/mol. The maximum atomic E-state index is 13.0. The summed E-state index contributed by atoms with van der Waals surface area (Å²) >= 11 is 1.53. The summed E-state index contributed by atoms with van der Waals surface area (Å²) in [5, 5.41) is 4.51. The van der Waals surface area contributed by atoms with Crippen LogP contribution in [0.15, 0.2) is 22.0 Å². The van der Waals surface area contributed by atoms with Crippen LogP contribution in [0.2, 0.25) is 0 Å². The molecule has 7 nitrogen and oxygen atoms in total. The van der Waals surface area contributed by atoms with Crippen molar-refractivity contribution >= 4 is 40.9 Å². The molecule has 0 saturated heterocycles. The fraction of sp³-hybridized carbons (Fsp3) is 0.476. The van der Waals surface area contributed by atoms with Gasteiger partial charge in [0.25, 0.3) is 5.91 Å². The van der Waals surface area contributed by atoms with Crippen LogP contribution in [0.3, 0.4) is 0 Å². The van der Waals surface area contributed by atoms with Gasteiger partial charge < -0.3 is 20.7 Å². The Morgan fingerprint density at radius 3 is 2.83 bits per heavy atom. The lowest BCUT2D eigenvalue weighted by Crippen LogP contribution is -2.34. The number of aliphatic imine (C=N–C) groups is 1.